The standard InChI is InChI=1S/C14H14BrFN2O2S/c15-12-6-5-11(17)9-14(12)21(19,20)18-8-7-10-3-1-2-4-13(10)16/h1-6,9,18H,7-8,17H2. The number of nitrogens with two attached hydrogens (primary N) is 1. The van der Waals surface area contributed by atoms with Crippen LogP contribution in [0.15, 0.2) is 51.8 Å². The van der Waals surface area contributed by atoms with Crippen LogP contribution in [0.5, 0.6) is 0 Å². The predicted molar refractivity (Wildman–Crippen MR) is 83.8 cm³/mol. The van der Waals surface area contributed by atoms with Gasteiger partial charge in [-0.1, -0.05) is 18.2 Å². The van der Waals surface area contributed by atoms with E-state index in [0.29, 0.717) is 15.7 Å². The number of nitrogens with one attached hydrogen (secondary N) is 1. The van der Waals surface area contributed by atoms with E-state index in [1.165, 1.54) is 12.1 Å². The summed E-state index contributed by atoms with van der Waals surface area (Å²) in [7, 11) is -3.70. The van der Waals surface area contributed by atoms with Crippen molar-refractivity contribution in [1.82, 2.24) is 4.72 Å². The van der Waals surface area contributed by atoms with Crippen molar-refractivity contribution < 1.29 is 12.8 Å². The van der Waals surface area contributed by atoms with E-state index in [4.69, 9.17) is 5.73 Å². The summed E-state index contributed by atoms with van der Waals surface area (Å²) in [5.41, 5.74) is 6.42. The van der Waals surface area contributed by atoms with Crippen molar-refractivity contribution in [3.63, 3.8) is 0 Å². The third-order valence-electron chi connectivity index (χ3n) is 2.89. The van der Waals surface area contributed by atoms with Crippen LogP contribution in [0.3, 0.4) is 0 Å². The Hall–Kier alpha value is -1.44. The number of hydrogen-bond acceptors (Lipinski definition) is 3. The molecule has 0 amide bonds. The Balaban J connectivity index is 2.08. The summed E-state index contributed by atoms with van der Waals surface area (Å²) in [5.74, 6) is -0.346. The van der Waals surface area contributed by atoms with Crippen molar-refractivity contribution in [1.29, 1.82) is 0 Å². The monoisotopic (exact) mass is 372 g/mol. The second-order valence-electron chi connectivity index (χ2n) is 4.43. The first-order chi connectivity index (χ1) is 9.90. The number of benzene rings is 2. The van der Waals surface area contributed by atoms with Gasteiger partial charge in [0.15, 0.2) is 0 Å². The number of halogens is 2. The first-order valence-electron chi connectivity index (χ1n) is 6.18. The highest BCUT2D eigenvalue weighted by molar-refractivity contribution is 9.10. The molecule has 7 heteroatoms. The van der Waals surface area contributed by atoms with E-state index in [9.17, 15) is 12.8 Å². The molecule has 0 aliphatic carbocycles. The van der Waals surface area contributed by atoms with E-state index in [1.54, 1.807) is 30.3 Å². The molecule has 0 atom stereocenters. The van der Waals surface area contributed by atoms with Gasteiger partial charge >= 0.3 is 0 Å². The smallest absolute Gasteiger partial charge is 0.241 e. The number of nitrogen functional groups attached to an aromatic ring is 1. The Kier molecular flexibility index (Phi) is 4.97. The number of rotatable bonds is 5. The van der Waals surface area contributed by atoms with Crippen LogP contribution in [0.2, 0.25) is 0 Å². The van der Waals surface area contributed by atoms with E-state index in [-0.39, 0.29) is 23.7 Å². The second kappa shape index (κ2) is 6.55. The van der Waals surface area contributed by atoms with Gasteiger partial charge in [-0.25, -0.2) is 17.5 Å². The lowest BCUT2D eigenvalue weighted by Crippen LogP contribution is -2.26. The van der Waals surface area contributed by atoms with Crippen LogP contribution in [0.1, 0.15) is 5.56 Å². The van der Waals surface area contributed by atoms with Crippen LogP contribution < -0.4 is 10.5 Å². The highest BCUT2D eigenvalue weighted by Crippen LogP contribution is 2.24. The molecule has 2 rings (SSSR count). The molecule has 112 valence electrons. The lowest BCUT2D eigenvalue weighted by Gasteiger charge is -2.09. The van der Waals surface area contributed by atoms with Gasteiger partial charge in [0.25, 0.3) is 0 Å². The van der Waals surface area contributed by atoms with E-state index >= 15 is 0 Å². The topological polar surface area (TPSA) is 72.2 Å². The van der Waals surface area contributed by atoms with Gasteiger partial charge in [0.2, 0.25) is 10.0 Å². The molecule has 2 aromatic rings. The van der Waals surface area contributed by atoms with Crippen LogP contribution in [0.25, 0.3) is 0 Å². The van der Waals surface area contributed by atoms with E-state index < -0.39 is 10.0 Å². The highest BCUT2D eigenvalue weighted by atomic mass is 79.9. The molecule has 0 radical (unpaired) electrons. The van der Waals surface area contributed by atoms with Crippen molar-refractivity contribution in [3.8, 4) is 0 Å². The Labute approximate surface area is 131 Å². The SMILES string of the molecule is Nc1ccc(Br)c(S(=O)(=O)NCCc2ccccc2F)c1. The summed E-state index contributed by atoms with van der Waals surface area (Å²) in [6, 6.07) is 10.8. The molecule has 3 N–H and O–H groups in total. The second-order valence-corrected chi connectivity index (χ2v) is 7.02. The van der Waals surface area contributed by atoms with Gasteiger partial charge in [-0.3, -0.25) is 0 Å². The van der Waals surface area contributed by atoms with Crippen molar-refractivity contribution in [2.24, 2.45) is 0 Å². The van der Waals surface area contributed by atoms with E-state index in [2.05, 4.69) is 20.7 Å². The molecule has 0 saturated carbocycles. The largest absolute Gasteiger partial charge is 0.399 e. The zero-order valence-electron chi connectivity index (χ0n) is 11.0. The van der Waals surface area contributed by atoms with Gasteiger partial charge in [0, 0.05) is 16.7 Å². The molecule has 0 unspecified atom stereocenters. The van der Waals surface area contributed by atoms with Gasteiger partial charge in [-0.05, 0) is 52.2 Å². The summed E-state index contributed by atoms with van der Waals surface area (Å²) in [6.45, 7) is 0.102. The zero-order chi connectivity index (χ0) is 15.5. The average molecular weight is 373 g/mol. The minimum absolute atomic E-state index is 0.0658. The molecule has 2 aromatic carbocycles. The van der Waals surface area contributed by atoms with Gasteiger partial charge in [-0.2, -0.15) is 0 Å². The maximum absolute atomic E-state index is 13.4. The molecule has 0 fully saturated rings. The fourth-order valence-electron chi connectivity index (χ4n) is 1.82. The summed E-state index contributed by atoms with van der Waals surface area (Å²) in [4.78, 5) is 0.0658. The molecule has 0 bridgehead atoms. The Morgan fingerprint density at radius 1 is 1.19 bits per heavy atom. The van der Waals surface area contributed by atoms with Gasteiger partial charge in [-0.15, -0.1) is 0 Å². The molecule has 21 heavy (non-hydrogen) atoms. The molecule has 0 heterocycles. The highest BCUT2D eigenvalue weighted by Gasteiger charge is 2.17. The van der Waals surface area contributed by atoms with Crippen molar-refractivity contribution in [2.75, 3.05) is 12.3 Å². The van der Waals surface area contributed by atoms with Crippen molar-refractivity contribution >= 4 is 31.6 Å². The first kappa shape index (κ1) is 15.9. The molecular weight excluding hydrogens is 359 g/mol. The maximum atomic E-state index is 13.4. The minimum Gasteiger partial charge on any atom is -0.399 e. The zero-order valence-corrected chi connectivity index (χ0v) is 13.4. The fourth-order valence-corrected chi connectivity index (χ4v) is 3.85. The number of sulfonamides is 1. The van der Waals surface area contributed by atoms with Crippen LogP contribution in [0, 0.1) is 5.82 Å². The maximum Gasteiger partial charge on any atom is 0.241 e. The van der Waals surface area contributed by atoms with Crippen LogP contribution in [-0.4, -0.2) is 15.0 Å². The van der Waals surface area contributed by atoms with Gasteiger partial charge in [0.1, 0.15) is 5.82 Å². The molecule has 4 nitrogen and oxygen atoms in total. The Bertz CT molecular complexity index is 750. The van der Waals surface area contributed by atoms with Crippen molar-refractivity contribution in [3.05, 3.63) is 58.3 Å². The quantitative estimate of drug-likeness (QED) is 0.792. The van der Waals surface area contributed by atoms with E-state index in [1.807, 2.05) is 0 Å². The summed E-state index contributed by atoms with van der Waals surface area (Å²) < 4.78 is 40.7. The van der Waals surface area contributed by atoms with Crippen LogP contribution >= 0.6 is 15.9 Å². The number of anilines is 1. The lowest BCUT2D eigenvalue weighted by atomic mass is 10.1. The third kappa shape index (κ3) is 4.03. The first-order valence-corrected chi connectivity index (χ1v) is 8.46. The molecular formula is C14H14BrFN2O2S. The summed E-state index contributed by atoms with van der Waals surface area (Å²) >= 11 is 3.18. The Morgan fingerprint density at radius 3 is 2.62 bits per heavy atom. The number of hydrogen-bond donors (Lipinski definition) is 2. The molecule has 0 saturated heterocycles. The van der Waals surface area contributed by atoms with Gasteiger partial charge in [0.05, 0.1) is 4.90 Å². The minimum atomic E-state index is -3.70. The van der Waals surface area contributed by atoms with Gasteiger partial charge < -0.3 is 5.73 Å². The van der Waals surface area contributed by atoms with Crippen molar-refractivity contribution in [2.45, 2.75) is 11.3 Å². The molecule has 0 aromatic heterocycles. The van der Waals surface area contributed by atoms with Crippen LogP contribution in [0.4, 0.5) is 10.1 Å². The summed E-state index contributed by atoms with van der Waals surface area (Å²) in [5, 5.41) is 0. The fraction of sp³-hybridized carbons (Fsp3) is 0.143. The molecule has 0 spiro atoms. The summed E-state index contributed by atoms with van der Waals surface area (Å²) in [6.07, 6.45) is 0.270. The lowest BCUT2D eigenvalue weighted by molar-refractivity contribution is 0.577. The molecule has 0 aliphatic rings. The molecule has 0 aliphatic heterocycles. The van der Waals surface area contributed by atoms with Crippen LogP contribution in [-0.2, 0) is 16.4 Å². The normalized spacial score (nSPS) is 11.5. The predicted octanol–water partition coefficient (Wildman–Crippen LogP) is 2.69. The average Bonchev–Trinajstić information content (AvgIpc) is 2.43. The van der Waals surface area contributed by atoms with E-state index in [0.717, 1.165) is 0 Å². The Morgan fingerprint density at radius 2 is 1.90 bits per heavy atom. The third-order valence-corrected chi connectivity index (χ3v) is 5.34.